The number of rotatable bonds is 6. The Bertz CT molecular complexity index is 792. The van der Waals surface area contributed by atoms with Crippen LogP contribution >= 0.6 is 0 Å². The standard InChI is InChI=1S/C18H19F3N4O2/c19-18(20,21)12-27-17-13(5-3-8-23-17)11-24-16(26)14-6-4-7-22-15(14)25-9-1-2-10-25/h3-8H,1-2,9-12H2,(H,24,26). The van der Waals surface area contributed by atoms with E-state index >= 15 is 0 Å². The summed E-state index contributed by atoms with van der Waals surface area (Å²) in [4.78, 5) is 22.8. The minimum Gasteiger partial charge on any atom is -0.468 e. The second-order valence-electron chi connectivity index (χ2n) is 6.12. The molecule has 1 N–H and O–H groups in total. The Morgan fingerprint density at radius 2 is 1.85 bits per heavy atom. The van der Waals surface area contributed by atoms with Crippen molar-refractivity contribution in [3.05, 3.63) is 47.8 Å². The molecule has 3 rings (SSSR count). The lowest BCUT2D eigenvalue weighted by atomic mass is 10.2. The highest BCUT2D eigenvalue weighted by Crippen LogP contribution is 2.23. The molecular weight excluding hydrogens is 361 g/mol. The van der Waals surface area contributed by atoms with E-state index < -0.39 is 12.8 Å². The molecule has 1 amide bonds. The monoisotopic (exact) mass is 380 g/mol. The first-order chi connectivity index (χ1) is 12.9. The minimum absolute atomic E-state index is 0.00576. The summed E-state index contributed by atoms with van der Waals surface area (Å²) in [6, 6.07) is 6.49. The van der Waals surface area contributed by atoms with E-state index in [0.29, 0.717) is 16.9 Å². The zero-order valence-corrected chi connectivity index (χ0v) is 14.5. The van der Waals surface area contributed by atoms with Gasteiger partial charge in [0, 0.05) is 37.6 Å². The Hall–Kier alpha value is -2.84. The van der Waals surface area contributed by atoms with E-state index in [-0.39, 0.29) is 18.3 Å². The van der Waals surface area contributed by atoms with Gasteiger partial charge in [0.1, 0.15) is 5.82 Å². The van der Waals surface area contributed by atoms with Crippen molar-refractivity contribution in [3.63, 3.8) is 0 Å². The molecule has 2 aromatic rings. The number of hydrogen-bond acceptors (Lipinski definition) is 5. The van der Waals surface area contributed by atoms with Gasteiger partial charge >= 0.3 is 6.18 Å². The second kappa shape index (κ2) is 8.24. The number of aromatic nitrogens is 2. The van der Waals surface area contributed by atoms with Gasteiger partial charge in [-0.1, -0.05) is 6.07 Å². The number of nitrogens with one attached hydrogen (secondary N) is 1. The number of carbonyl (C=O) groups excluding carboxylic acids is 1. The van der Waals surface area contributed by atoms with Gasteiger partial charge in [-0.3, -0.25) is 4.79 Å². The molecule has 144 valence electrons. The highest BCUT2D eigenvalue weighted by atomic mass is 19.4. The van der Waals surface area contributed by atoms with Crippen molar-refractivity contribution in [2.45, 2.75) is 25.6 Å². The molecular formula is C18H19F3N4O2. The summed E-state index contributed by atoms with van der Waals surface area (Å²) in [6.07, 6.45) is 0.608. The second-order valence-corrected chi connectivity index (χ2v) is 6.12. The predicted molar refractivity (Wildman–Crippen MR) is 92.6 cm³/mol. The van der Waals surface area contributed by atoms with Crippen LogP contribution in [0.1, 0.15) is 28.8 Å². The summed E-state index contributed by atoms with van der Waals surface area (Å²) in [5, 5.41) is 2.71. The lowest BCUT2D eigenvalue weighted by molar-refractivity contribution is -0.154. The summed E-state index contributed by atoms with van der Waals surface area (Å²) < 4.78 is 41.8. The summed E-state index contributed by atoms with van der Waals surface area (Å²) in [7, 11) is 0. The molecule has 0 saturated carbocycles. The van der Waals surface area contributed by atoms with Crippen LogP contribution in [0.25, 0.3) is 0 Å². The quantitative estimate of drug-likeness (QED) is 0.835. The number of anilines is 1. The Balaban J connectivity index is 1.68. The summed E-state index contributed by atoms with van der Waals surface area (Å²) in [5.74, 6) is 0.115. The van der Waals surface area contributed by atoms with Crippen molar-refractivity contribution >= 4 is 11.7 Å². The smallest absolute Gasteiger partial charge is 0.422 e. The first kappa shape index (κ1) is 18.9. The largest absolute Gasteiger partial charge is 0.468 e. The fourth-order valence-electron chi connectivity index (χ4n) is 2.86. The summed E-state index contributed by atoms with van der Waals surface area (Å²) in [5.41, 5.74) is 0.794. The molecule has 3 heterocycles. The van der Waals surface area contributed by atoms with Crippen molar-refractivity contribution < 1.29 is 22.7 Å². The van der Waals surface area contributed by atoms with Crippen LogP contribution in [0.4, 0.5) is 19.0 Å². The summed E-state index contributed by atoms with van der Waals surface area (Å²) >= 11 is 0. The van der Waals surface area contributed by atoms with Gasteiger partial charge in [0.05, 0.1) is 5.56 Å². The van der Waals surface area contributed by atoms with Crippen LogP contribution in [-0.2, 0) is 6.54 Å². The fraction of sp³-hybridized carbons (Fsp3) is 0.389. The third-order valence-electron chi connectivity index (χ3n) is 4.10. The highest BCUT2D eigenvalue weighted by molar-refractivity contribution is 5.98. The molecule has 0 radical (unpaired) electrons. The van der Waals surface area contributed by atoms with Crippen molar-refractivity contribution in [2.75, 3.05) is 24.6 Å². The lowest BCUT2D eigenvalue weighted by Gasteiger charge is -2.19. The number of carbonyl (C=O) groups is 1. The van der Waals surface area contributed by atoms with E-state index in [9.17, 15) is 18.0 Å². The molecule has 1 aliphatic rings. The van der Waals surface area contributed by atoms with Crippen molar-refractivity contribution in [2.24, 2.45) is 0 Å². The molecule has 0 unspecified atom stereocenters. The van der Waals surface area contributed by atoms with Gasteiger partial charge in [0.25, 0.3) is 5.91 Å². The molecule has 0 bridgehead atoms. The van der Waals surface area contributed by atoms with Gasteiger partial charge in [0.2, 0.25) is 5.88 Å². The molecule has 0 aromatic carbocycles. The van der Waals surface area contributed by atoms with Crippen LogP contribution in [0.15, 0.2) is 36.7 Å². The first-order valence-corrected chi connectivity index (χ1v) is 8.55. The van der Waals surface area contributed by atoms with Crippen LogP contribution in [0.2, 0.25) is 0 Å². The third-order valence-corrected chi connectivity index (χ3v) is 4.10. The first-order valence-electron chi connectivity index (χ1n) is 8.55. The van der Waals surface area contributed by atoms with Crippen molar-refractivity contribution in [1.82, 2.24) is 15.3 Å². The normalized spacial score (nSPS) is 14.3. The average molecular weight is 380 g/mol. The molecule has 1 saturated heterocycles. The van der Waals surface area contributed by atoms with Crippen molar-refractivity contribution in [1.29, 1.82) is 0 Å². The van der Waals surface area contributed by atoms with Crippen LogP contribution in [0, 0.1) is 0 Å². The van der Waals surface area contributed by atoms with Crippen LogP contribution in [0.3, 0.4) is 0 Å². The minimum atomic E-state index is -4.46. The maximum Gasteiger partial charge on any atom is 0.422 e. The van der Waals surface area contributed by atoms with E-state index in [1.807, 2.05) is 0 Å². The predicted octanol–water partition coefficient (Wildman–Crippen LogP) is 2.95. The van der Waals surface area contributed by atoms with Gasteiger partial charge in [-0.15, -0.1) is 0 Å². The molecule has 1 aliphatic heterocycles. The van der Waals surface area contributed by atoms with Gasteiger partial charge in [0.15, 0.2) is 6.61 Å². The van der Waals surface area contributed by atoms with Crippen LogP contribution < -0.4 is 15.0 Å². The number of nitrogens with zero attached hydrogens (tertiary/aromatic N) is 3. The third kappa shape index (κ3) is 5.08. The van der Waals surface area contributed by atoms with Gasteiger partial charge in [-0.2, -0.15) is 13.2 Å². The Labute approximate surface area is 154 Å². The van der Waals surface area contributed by atoms with Crippen molar-refractivity contribution in [3.8, 4) is 5.88 Å². The van der Waals surface area contributed by atoms with Crippen LogP contribution in [0.5, 0.6) is 5.88 Å². The number of ether oxygens (including phenoxy) is 1. The Morgan fingerprint density at radius 1 is 1.15 bits per heavy atom. The zero-order chi connectivity index (χ0) is 19.3. The topological polar surface area (TPSA) is 67.3 Å². The molecule has 0 spiro atoms. The Kier molecular flexibility index (Phi) is 5.78. The van der Waals surface area contributed by atoms with E-state index in [1.54, 1.807) is 30.5 Å². The number of hydrogen-bond donors (Lipinski definition) is 1. The molecule has 0 atom stereocenters. The molecule has 1 fully saturated rings. The van der Waals surface area contributed by atoms with Gasteiger partial charge in [-0.25, -0.2) is 9.97 Å². The maximum atomic E-state index is 12.6. The lowest BCUT2D eigenvalue weighted by Crippen LogP contribution is -2.28. The molecule has 6 nitrogen and oxygen atoms in total. The molecule has 2 aromatic heterocycles. The number of halogens is 3. The Morgan fingerprint density at radius 3 is 2.59 bits per heavy atom. The molecule has 27 heavy (non-hydrogen) atoms. The number of pyridine rings is 2. The van der Waals surface area contributed by atoms with Crippen LogP contribution in [-0.4, -0.2) is 41.7 Å². The van der Waals surface area contributed by atoms with E-state index in [1.165, 1.54) is 6.20 Å². The van der Waals surface area contributed by atoms with E-state index in [0.717, 1.165) is 25.9 Å². The average Bonchev–Trinajstić information content (AvgIpc) is 3.19. The van der Waals surface area contributed by atoms with E-state index in [4.69, 9.17) is 4.74 Å². The highest BCUT2D eigenvalue weighted by Gasteiger charge is 2.29. The van der Waals surface area contributed by atoms with E-state index in [2.05, 4.69) is 20.2 Å². The zero-order valence-electron chi connectivity index (χ0n) is 14.5. The summed E-state index contributed by atoms with van der Waals surface area (Å²) in [6.45, 7) is 0.242. The number of alkyl halides is 3. The molecule has 0 aliphatic carbocycles. The fourth-order valence-corrected chi connectivity index (χ4v) is 2.86. The van der Waals surface area contributed by atoms with Gasteiger partial charge in [-0.05, 0) is 31.0 Å². The molecule has 9 heteroatoms. The number of amides is 1. The van der Waals surface area contributed by atoms with Gasteiger partial charge < -0.3 is 15.0 Å². The maximum absolute atomic E-state index is 12.6. The SMILES string of the molecule is O=C(NCc1cccnc1OCC(F)(F)F)c1cccnc1N1CCCC1.